The van der Waals surface area contributed by atoms with Crippen LogP contribution in [0.25, 0.3) is 0 Å². The molecule has 2 heterocycles. The molecule has 2 saturated heterocycles. The molecule has 0 aromatic heterocycles. The predicted octanol–water partition coefficient (Wildman–Crippen LogP) is 2.81. The predicted molar refractivity (Wildman–Crippen MR) is 97.9 cm³/mol. The fraction of sp³-hybridized carbons (Fsp3) is 0.667. The highest BCUT2D eigenvalue weighted by Gasteiger charge is 2.29. The summed E-state index contributed by atoms with van der Waals surface area (Å²) in [6, 6.07) is 4.31. The quantitative estimate of drug-likeness (QED) is 0.856. The van der Waals surface area contributed by atoms with Crippen molar-refractivity contribution < 1.29 is 13.5 Å². The van der Waals surface area contributed by atoms with E-state index in [-0.39, 0.29) is 12.4 Å². The van der Waals surface area contributed by atoms with Gasteiger partial charge in [-0.3, -0.25) is 9.80 Å². The first kappa shape index (κ1) is 20.4. The zero-order valence-corrected chi connectivity index (χ0v) is 15.7. The molecule has 4 nitrogen and oxygen atoms in total. The van der Waals surface area contributed by atoms with Gasteiger partial charge in [0.15, 0.2) is 0 Å². The summed E-state index contributed by atoms with van der Waals surface area (Å²) in [5, 5.41) is 3.38. The van der Waals surface area contributed by atoms with Crippen LogP contribution in [0.5, 0.6) is 5.75 Å². The number of nitrogens with one attached hydrogen (secondary N) is 1. The Hall–Kier alpha value is -0.950. The minimum atomic E-state index is -2.78. The van der Waals surface area contributed by atoms with E-state index in [4.69, 9.17) is 4.74 Å². The average molecular weight is 376 g/mol. The van der Waals surface area contributed by atoms with E-state index in [9.17, 15) is 8.78 Å². The van der Waals surface area contributed by atoms with Gasteiger partial charge in [0.05, 0.1) is 0 Å². The zero-order valence-electron chi connectivity index (χ0n) is 14.9. The number of aryl methyl sites for hydroxylation is 2. The SMILES string of the molecule is Cc1cc(CN2CCC(N3CCNCC3)C2)c(OC(F)F)cc1C.Cl. The van der Waals surface area contributed by atoms with Gasteiger partial charge in [-0.2, -0.15) is 8.78 Å². The molecular weight excluding hydrogens is 348 g/mol. The van der Waals surface area contributed by atoms with E-state index >= 15 is 0 Å². The normalized spacial score (nSPS) is 22.2. The Balaban J connectivity index is 0.00000225. The van der Waals surface area contributed by atoms with Crippen molar-refractivity contribution in [1.82, 2.24) is 15.1 Å². The largest absolute Gasteiger partial charge is 0.434 e. The highest BCUT2D eigenvalue weighted by atomic mass is 35.5. The Morgan fingerprint density at radius 1 is 1.16 bits per heavy atom. The third-order valence-corrected chi connectivity index (χ3v) is 5.20. The maximum Gasteiger partial charge on any atom is 0.387 e. The molecule has 0 bridgehead atoms. The summed E-state index contributed by atoms with van der Waals surface area (Å²) in [5.74, 6) is 0.318. The fourth-order valence-corrected chi connectivity index (χ4v) is 3.72. The van der Waals surface area contributed by atoms with Crippen molar-refractivity contribution in [2.45, 2.75) is 39.5 Å². The lowest BCUT2D eigenvalue weighted by atomic mass is 10.0. The molecule has 0 radical (unpaired) electrons. The summed E-state index contributed by atoms with van der Waals surface area (Å²) in [6.07, 6.45) is 1.15. The lowest BCUT2D eigenvalue weighted by Gasteiger charge is -2.32. The summed E-state index contributed by atoms with van der Waals surface area (Å²) < 4.78 is 30.2. The van der Waals surface area contributed by atoms with Gasteiger partial charge in [0.1, 0.15) is 5.75 Å². The van der Waals surface area contributed by atoms with E-state index in [2.05, 4.69) is 15.1 Å². The minimum absolute atomic E-state index is 0. The molecule has 1 aromatic rings. The molecule has 0 aliphatic carbocycles. The van der Waals surface area contributed by atoms with Gasteiger partial charge in [-0.15, -0.1) is 12.4 Å². The number of piperazine rings is 1. The Morgan fingerprint density at radius 2 is 1.84 bits per heavy atom. The molecule has 2 aliphatic rings. The first-order valence-electron chi connectivity index (χ1n) is 8.75. The van der Waals surface area contributed by atoms with E-state index in [1.165, 1.54) is 0 Å². The Kier molecular flexibility index (Phi) is 7.43. The summed E-state index contributed by atoms with van der Waals surface area (Å²) in [5.41, 5.74) is 2.96. The van der Waals surface area contributed by atoms with E-state index in [1.807, 2.05) is 19.9 Å². The monoisotopic (exact) mass is 375 g/mol. The summed E-state index contributed by atoms with van der Waals surface area (Å²) in [6.45, 7) is 8.15. The molecule has 2 aliphatic heterocycles. The number of likely N-dealkylation sites (tertiary alicyclic amines) is 1. The van der Waals surface area contributed by atoms with Crippen LogP contribution in [0.1, 0.15) is 23.1 Å². The van der Waals surface area contributed by atoms with Gasteiger partial charge >= 0.3 is 6.61 Å². The average Bonchev–Trinajstić information content (AvgIpc) is 3.01. The number of benzene rings is 1. The van der Waals surface area contributed by atoms with Crippen LogP contribution in [-0.2, 0) is 6.54 Å². The third kappa shape index (κ3) is 5.26. The van der Waals surface area contributed by atoms with Crippen LogP contribution in [0.2, 0.25) is 0 Å². The van der Waals surface area contributed by atoms with Crippen molar-refractivity contribution in [2.24, 2.45) is 0 Å². The van der Waals surface area contributed by atoms with E-state index < -0.39 is 6.61 Å². The number of ether oxygens (including phenoxy) is 1. The molecule has 3 rings (SSSR count). The molecule has 2 fully saturated rings. The maximum absolute atomic E-state index is 12.7. The van der Waals surface area contributed by atoms with Crippen LogP contribution in [0.3, 0.4) is 0 Å². The van der Waals surface area contributed by atoms with Gasteiger partial charge in [-0.05, 0) is 37.5 Å². The molecule has 25 heavy (non-hydrogen) atoms. The molecule has 1 N–H and O–H groups in total. The Bertz CT molecular complexity index is 567. The first-order valence-corrected chi connectivity index (χ1v) is 8.75. The van der Waals surface area contributed by atoms with Crippen LogP contribution >= 0.6 is 12.4 Å². The van der Waals surface area contributed by atoms with Crippen LogP contribution < -0.4 is 10.1 Å². The van der Waals surface area contributed by atoms with Crippen molar-refractivity contribution in [2.75, 3.05) is 39.3 Å². The van der Waals surface area contributed by atoms with Gasteiger partial charge < -0.3 is 10.1 Å². The minimum Gasteiger partial charge on any atom is -0.434 e. The smallest absolute Gasteiger partial charge is 0.387 e. The zero-order chi connectivity index (χ0) is 17.1. The third-order valence-electron chi connectivity index (χ3n) is 5.20. The molecule has 0 spiro atoms. The second kappa shape index (κ2) is 9.12. The number of hydrogen-bond acceptors (Lipinski definition) is 4. The maximum atomic E-state index is 12.7. The Morgan fingerprint density at radius 3 is 2.52 bits per heavy atom. The Labute approximate surface area is 154 Å². The number of rotatable bonds is 5. The first-order chi connectivity index (χ1) is 11.5. The van der Waals surface area contributed by atoms with Crippen LogP contribution in [0.4, 0.5) is 8.78 Å². The van der Waals surface area contributed by atoms with E-state index in [0.29, 0.717) is 18.3 Å². The standard InChI is InChI=1S/C18H27F2N3O.ClH/c1-13-9-15(17(10-14(13)2)24-18(19)20)11-22-6-3-16(12-22)23-7-4-21-5-8-23;/h9-10,16,18,21H,3-8,11-12H2,1-2H3;1H. The molecule has 1 unspecified atom stereocenters. The van der Waals surface area contributed by atoms with Crippen molar-refractivity contribution >= 4 is 12.4 Å². The van der Waals surface area contributed by atoms with E-state index in [1.54, 1.807) is 6.07 Å². The molecule has 7 heteroatoms. The van der Waals surface area contributed by atoms with Crippen molar-refractivity contribution in [3.05, 3.63) is 28.8 Å². The molecular formula is C18H28ClF2N3O. The van der Waals surface area contributed by atoms with Crippen LogP contribution in [-0.4, -0.2) is 61.7 Å². The fourth-order valence-electron chi connectivity index (χ4n) is 3.72. The van der Waals surface area contributed by atoms with Crippen molar-refractivity contribution in [3.8, 4) is 5.75 Å². The van der Waals surface area contributed by atoms with Crippen molar-refractivity contribution in [1.29, 1.82) is 0 Å². The lowest BCUT2D eigenvalue weighted by molar-refractivity contribution is -0.0507. The number of alkyl halides is 2. The summed E-state index contributed by atoms with van der Waals surface area (Å²) >= 11 is 0. The van der Waals surface area contributed by atoms with Gasteiger partial charge in [-0.1, -0.05) is 6.07 Å². The van der Waals surface area contributed by atoms with Gasteiger partial charge in [0, 0.05) is 57.4 Å². The summed E-state index contributed by atoms with van der Waals surface area (Å²) in [7, 11) is 0. The van der Waals surface area contributed by atoms with E-state index in [0.717, 1.165) is 62.4 Å². The molecule has 1 aromatic carbocycles. The number of halogens is 3. The van der Waals surface area contributed by atoms with Gasteiger partial charge in [0.25, 0.3) is 0 Å². The summed E-state index contributed by atoms with van der Waals surface area (Å²) in [4.78, 5) is 4.91. The number of hydrogen-bond donors (Lipinski definition) is 1. The lowest BCUT2D eigenvalue weighted by Crippen LogP contribution is -2.49. The van der Waals surface area contributed by atoms with Crippen molar-refractivity contribution in [3.63, 3.8) is 0 Å². The van der Waals surface area contributed by atoms with Crippen LogP contribution in [0.15, 0.2) is 12.1 Å². The van der Waals surface area contributed by atoms with Crippen LogP contribution in [0, 0.1) is 13.8 Å². The topological polar surface area (TPSA) is 27.7 Å². The highest BCUT2D eigenvalue weighted by molar-refractivity contribution is 5.85. The second-order valence-electron chi connectivity index (χ2n) is 6.89. The molecule has 142 valence electrons. The van der Waals surface area contributed by atoms with Gasteiger partial charge in [0.2, 0.25) is 0 Å². The van der Waals surface area contributed by atoms with Gasteiger partial charge in [-0.25, -0.2) is 0 Å². The molecule has 0 amide bonds. The number of nitrogens with zero attached hydrogens (tertiary/aromatic N) is 2. The second-order valence-corrected chi connectivity index (χ2v) is 6.89. The molecule has 1 atom stereocenters. The highest BCUT2D eigenvalue weighted by Crippen LogP contribution is 2.28. The molecule has 0 saturated carbocycles.